The molecule has 0 aromatic heterocycles. The van der Waals surface area contributed by atoms with Crippen molar-refractivity contribution in [3.05, 3.63) is 29.6 Å². The number of piperidine rings is 1. The molecular weight excluding hydrogens is 233 g/mol. The van der Waals surface area contributed by atoms with Crippen molar-refractivity contribution in [1.82, 2.24) is 4.90 Å². The number of methoxy groups -OCH3 is 1. The average molecular weight is 253 g/mol. The zero-order chi connectivity index (χ0) is 13.2. The molecule has 0 atom stereocenters. The third-order valence-corrected chi connectivity index (χ3v) is 3.70. The van der Waals surface area contributed by atoms with Crippen molar-refractivity contribution in [1.29, 1.82) is 0 Å². The molecule has 1 aromatic carbocycles. The Labute approximate surface area is 107 Å². The molecule has 0 spiro atoms. The van der Waals surface area contributed by atoms with Crippen LogP contribution in [0.2, 0.25) is 0 Å². The van der Waals surface area contributed by atoms with Crippen LogP contribution >= 0.6 is 0 Å². The summed E-state index contributed by atoms with van der Waals surface area (Å²) < 4.78 is 19.0. The van der Waals surface area contributed by atoms with Crippen LogP contribution in [0.15, 0.2) is 18.2 Å². The smallest absolute Gasteiger partial charge is 0.168 e. The highest BCUT2D eigenvalue weighted by Crippen LogP contribution is 2.29. The number of ether oxygens (including phenoxy) is 1. The highest BCUT2D eigenvalue weighted by Gasteiger charge is 2.32. The van der Waals surface area contributed by atoms with Gasteiger partial charge in [-0.2, -0.15) is 0 Å². The van der Waals surface area contributed by atoms with Crippen LogP contribution < -0.4 is 4.74 Å². The van der Waals surface area contributed by atoms with Crippen molar-refractivity contribution >= 4 is 0 Å². The number of hydrogen-bond donors (Lipinski definition) is 1. The highest BCUT2D eigenvalue weighted by atomic mass is 19.1. The van der Waals surface area contributed by atoms with Gasteiger partial charge in [-0.15, -0.1) is 0 Å². The largest absolute Gasteiger partial charge is 0.494 e. The van der Waals surface area contributed by atoms with Gasteiger partial charge in [0, 0.05) is 19.5 Å². The SMILES string of the molecule is COc1cccc(CC2(O)CCN(C)CC2)c1F. The zero-order valence-corrected chi connectivity index (χ0v) is 10.9. The first-order valence-electron chi connectivity index (χ1n) is 6.26. The van der Waals surface area contributed by atoms with Gasteiger partial charge in [0.05, 0.1) is 12.7 Å². The van der Waals surface area contributed by atoms with Crippen molar-refractivity contribution in [2.24, 2.45) is 0 Å². The molecule has 0 radical (unpaired) electrons. The topological polar surface area (TPSA) is 32.7 Å². The van der Waals surface area contributed by atoms with Crippen molar-refractivity contribution in [2.45, 2.75) is 24.9 Å². The van der Waals surface area contributed by atoms with E-state index >= 15 is 0 Å². The summed E-state index contributed by atoms with van der Waals surface area (Å²) >= 11 is 0. The van der Waals surface area contributed by atoms with Crippen molar-refractivity contribution in [3.63, 3.8) is 0 Å². The lowest BCUT2D eigenvalue weighted by atomic mass is 9.85. The molecule has 1 aliphatic rings. The van der Waals surface area contributed by atoms with Crippen LogP contribution in [-0.4, -0.2) is 42.9 Å². The number of benzene rings is 1. The molecule has 1 saturated heterocycles. The fourth-order valence-electron chi connectivity index (χ4n) is 2.42. The summed E-state index contributed by atoms with van der Waals surface area (Å²) in [6.07, 6.45) is 1.71. The lowest BCUT2D eigenvalue weighted by Gasteiger charge is -2.36. The van der Waals surface area contributed by atoms with Gasteiger partial charge in [0.2, 0.25) is 0 Å². The number of rotatable bonds is 3. The summed E-state index contributed by atoms with van der Waals surface area (Å²) in [6, 6.07) is 5.07. The first kappa shape index (κ1) is 13.3. The Morgan fingerprint density at radius 3 is 2.67 bits per heavy atom. The minimum atomic E-state index is -0.792. The quantitative estimate of drug-likeness (QED) is 0.892. The number of hydrogen-bond acceptors (Lipinski definition) is 3. The van der Waals surface area contributed by atoms with Gasteiger partial charge < -0.3 is 14.7 Å². The summed E-state index contributed by atoms with van der Waals surface area (Å²) in [5, 5.41) is 10.5. The fourth-order valence-corrected chi connectivity index (χ4v) is 2.42. The molecule has 100 valence electrons. The van der Waals surface area contributed by atoms with Crippen LogP contribution in [-0.2, 0) is 6.42 Å². The van der Waals surface area contributed by atoms with Crippen LogP contribution in [0, 0.1) is 5.82 Å². The summed E-state index contributed by atoms with van der Waals surface area (Å²) in [4.78, 5) is 2.18. The Hall–Kier alpha value is -1.13. The summed E-state index contributed by atoms with van der Waals surface area (Å²) in [7, 11) is 3.48. The van der Waals surface area contributed by atoms with Crippen molar-refractivity contribution < 1.29 is 14.2 Å². The van der Waals surface area contributed by atoms with E-state index < -0.39 is 5.60 Å². The Morgan fingerprint density at radius 2 is 2.06 bits per heavy atom. The molecular formula is C14H20FNO2. The number of aliphatic hydroxyl groups is 1. The summed E-state index contributed by atoms with van der Waals surface area (Å²) in [5.74, 6) is -0.114. The summed E-state index contributed by atoms with van der Waals surface area (Å²) in [6.45, 7) is 1.70. The Bertz CT molecular complexity index is 414. The van der Waals surface area contributed by atoms with E-state index in [2.05, 4.69) is 4.90 Å². The van der Waals surface area contributed by atoms with Crippen LogP contribution in [0.3, 0.4) is 0 Å². The Kier molecular flexibility index (Phi) is 3.88. The number of halogens is 1. The van der Waals surface area contributed by atoms with Crippen LogP contribution in [0.4, 0.5) is 4.39 Å². The van der Waals surface area contributed by atoms with E-state index in [-0.39, 0.29) is 11.6 Å². The fraction of sp³-hybridized carbons (Fsp3) is 0.571. The second-order valence-electron chi connectivity index (χ2n) is 5.14. The maximum atomic E-state index is 14.0. The van der Waals surface area contributed by atoms with Gasteiger partial charge in [0.1, 0.15) is 0 Å². The lowest BCUT2D eigenvalue weighted by molar-refractivity contribution is -0.0156. The normalized spacial score (nSPS) is 19.8. The van der Waals surface area contributed by atoms with Gasteiger partial charge in [-0.3, -0.25) is 0 Å². The lowest BCUT2D eigenvalue weighted by Crippen LogP contribution is -2.44. The van der Waals surface area contributed by atoms with Gasteiger partial charge in [0.15, 0.2) is 11.6 Å². The maximum absolute atomic E-state index is 14.0. The predicted molar refractivity (Wildman–Crippen MR) is 68.3 cm³/mol. The molecule has 3 nitrogen and oxygen atoms in total. The van der Waals surface area contributed by atoms with Gasteiger partial charge in [0.25, 0.3) is 0 Å². The maximum Gasteiger partial charge on any atom is 0.168 e. The minimum absolute atomic E-state index is 0.240. The van der Waals surface area contributed by atoms with Crippen molar-refractivity contribution in [3.8, 4) is 5.75 Å². The van der Waals surface area contributed by atoms with E-state index in [1.54, 1.807) is 18.2 Å². The second kappa shape index (κ2) is 5.24. The van der Waals surface area contributed by atoms with E-state index in [0.29, 0.717) is 24.8 Å². The Balaban J connectivity index is 2.14. The Morgan fingerprint density at radius 1 is 1.39 bits per heavy atom. The molecule has 1 aliphatic heterocycles. The molecule has 18 heavy (non-hydrogen) atoms. The van der Waals surface area contributed by atoms with Gasteiger partial charge in [-0.25, -0.2) is 4.39 Å². The summed E-state index contributed by atoms with van der Waals surface area (Å²) in [5.41, 5.74) is -0.263. The molecule has 4 heteroatoms. The van der Waals surface area contributed by atoms with Crippen molar-refractivity contribution in [2.75, 3.05) is 27.2 Å². The predicted octanol–water partition coefficient (Wildman–Crippen LogP) is 1.83. The van der Waals surface area contributed by atoms with E-state index in [1.807, 2.05) is 7.05 Å². The molecule has 2 rings (SSSR count). The van der Waals surface area contributed by atoms with E-state index in [4.69, 9.17) is 4.74 Å². The van der Waals surface area contributed by atoms with Gasteiger partial charge in [-0.1, -0.05) is 12.1 Å². The average Bonchev–Trinajstić information content (AvgIpc) is 2.36. The molecule has 1 heterocycles. The van der Waals surface area contributed by atoms with Gasteiger partial charge >= 0.3 is 0 Å². The minimum Gasteiger partial charge on any atom is -0.494 e. The van der Waals surface area contributed by atoms with Crippen LogP contribution in [0.25, 0.3) is 0 Å². The van der Waals surface area contributed by atoms with Crippen LogP contribution in [0.1, 0.15) is 18.4 Å². The molecule has 1 aromatic rings. The molecule has 1 fully saturated rings. The number of likely N-dealkylation sites (tertiary alicyclic amines) is 1. The first-order chi connectivity index (χ1) is 8.54. The molecule has 1 N–H and O–H groups in total. The van der Waals surface area contributed by atoms with E-state index in [9.17, 15) is 9.50 Å². The number of nitrogens with zero attached hydrogens (tertiary/aromatic N) is 1. The van der Waals surface area contributed by atoms with E-state index in [1.165, 1.54) is 7.11 Å². The molecule has 0 aliphatic carbocycles. The standard InChI is InChI=1S/C14H20FNO2/c1-16-8-6-14(17,7-9-16)10-11-4-3-5-12(18-2)13(11)15/h3-5,17H,6-10H2,1-2H3. The molecule has 0 unspecified atom stereocenters. The monoisotopic (exact) mass is 253 g/mol. The molecule has 0 bridgehead atoms. The van der Waals surface area contributed by atoms with Crippen LogP contribution in [0.5, 0.6) is 5.75 Å². The first-order valence-corrected chi connectivity index (χ1v) is 6.26. The molecule has 0 amide bonds. The zero-order valence-electron chi connectivity index (χ0n) is 10.9. The third-order valence-electron chi connectivity index (χ3n) is 3.70. The second-order valence-corrected chi connectivity index (χ2v) is 5.14. The third kappa shape index (κ3) is 2.82. The van der Waals surface area contributed by atoms with E-state index in [0.717, 1.165) is 13.1 Å². The highest BCUT2D eigenvalue weighted by molar-refractivity contribution is 5.32. The van der Waals surface area contributed by atoms with Gasteiger partial charge in [-0.05, 0) is 31.5 Å². The molecule has 0 saturated carbocycles.